The highest BCUT2D eigenvalue weighted by molar-refractivity contribution is 6.09. The zero-order valence-corrected chi connectivity index (χ0v) is 19.2. The molecule has 0 amide bonds. The second kappa shape index (κ2) is 9.62. The Morgan fingerprint density at radius 1 is 0.882 bits per heavy atom. The van der Waals surface area contributed by atoms with E-state index in [2.05, 4.69) is 10.2 Å². The molecule has 0 saturated carbocycles. The number of Topliss-reactive ketones (excluding diaryl/α,β-unsaturated/α-hetero) is 1. The number of carbonyl (C=O) groups is 2. The standard InChI is InChI=1S/C27H25N3O4/c1-16(18-10-7-11-20(14-18)27(32)17-8-5-4-6-9-17)26(31)25-23(28)24(29-30-25)19-12-13-21(33-2)22(15-19)34-3/h4-16H,28H2,1-3H3,(H,29,30). The number of nitrogens with one attached hydrogen (secondary N) is 1. The molecule has 7 nitrogen and oxygen atoms in total. The molecule has 0 spiro atoms. The van der Waals surface area contributed by atoms with E-state index in [1.54, 1.807) is 69.7 Å². The Balaban J connectivity index is 1.61. The Kier molecular flexibility index (Phi) is 6.45. The van der Waals surface area contributed by atoms with Crippen molar-refractivity contribution in [1.29, 1.82) is 0 Å². The quantitative estimate of drug-likeness (QED) is 0.366. The van der Waals surface area contributed by atoms with Gasteiger partial charge in [-0.05, 0) is 29.8 Å². The maximum Gasteiger partial charge on any atom is 0.193 e. The molecule has 3 aromatic carbocycles. The summed E-state index contributed by atoms with van der Waals surface area (Å²) in [4.78, 5) is 26.1. The van der Waals surface area contributed by atoms with Crippen LogP contribution >= 0.6 is 0 Å². The van der Waals surface area contributed by atoms with Gasteiger partial charge in [0.15, 0.2) is 23.1 Å². The van der Waals surface area contributed by atoms with E-state index in [-0.39, 0.29) is 22.9 Å². The topological polar surface area (TPSA) is 107 Å². The fourth-order valence-corrected chi connectivity index (χ4v) is 3.82. The Bertz CT molecular complexity index is 1350. The predicted molar refractivity (Wildman–Crippen MR) is 131 cm³/mol. The Hall–Kier alpha value is -4.39. The third kappa shape index (κ3) is 4.28. The van der Waals surface area contributed by atoms with Crippen LogP contribution in [0.3, 0.4) is 0 Å². The van der Waals surface area contributed by atoms with Crippen LogP contribution in [-0.4, -0.2) is 36.0 Å². The molecule has 34 heavy (non-hydrogen) atoms. The van der Waals surface area contributed by atoms with Gasteiger partial charge in [-0.1, -0.05) is 55.5 Å². The van der Waals surface area contributed by atoms with Crippen LogP contribution in [0.1, 0.15) is 44.8 Å². The molecular weight excluding hydrogens is 430 g/mol. The fourth-order valence-electron chi connectivity index (χ4n) is 3.82. The second-order valence-electron chi connectivity index (χ2n) is 7.84. The van der Waals surface area contributed by atoms with Crippen molar-refractivity contribution in [2.24, 2.45) is 0 Å². The van der Waals surface area contributed by atoms with Gasteiger partial charge in [0.05, 0.1) is 19.9 Å². The van der Waals surface area contributed by atoms with Gasteiger partial charge in [0.2, 0.25) is 0 Å². The molecule has 1 heterocycles. The van der Waals surface area contributed by atoms with Gasteiger partial charge in [0.25, 0.3) is 0 Å². The number of hydrogen-bond acceptors (Lipinski definition) is 6. The van der Waals surface area contributed by atoms with Gasteiger partial charge in [0.1, 0.15) is 11.4 Å². The number of benzene rings is 3. The first-order valence-corrected chi connectivity index (χ1v) is 10.7. The highest BCUT2D eigenvalue weighted by Crippen LogP contribution is 2.35. The van der Waals surface area contributed by atoms with Gasteiger partial charge < -0.3 is 15.2 Å². The molecule has 0 radical (unpaired) electrons. The first kappa shape index (κ1) is 22.8. The molecule has 4 aromatic rings. The van der Waals surface area contributed by atoms with E-state index >= 15 is 0 Å². The van der Waals surface area contributed by atoms with Crippen LogP contribution in [0.15, 0.2) is 72.8 Å². The number of carbonyl (C=O) groups excluding carboxylic acids is 2. The van der Waals surface area contributed by atoms with Gasteiger partial charge in [-0.25, -0.2) is 0 Å². The third-order valence-electron chi connectivity index (χ3n) is 5.79. The van der Waals surface area contributed by atoms with E-state index in [1.165, 1.54) is 0 Å². The van der Waals surface area contributed by atoms with Gasteiger partial charge in [-0.2, -0.15) is 5.10 Å². The van der Waals surface area contributed by atoms with Gasteiger partial charge >= 0.3 is 0 Å². The molecule has 0 aliphatic carbocycles. The minimum Gasteiger partial charge on any atom is -0.493 e. The molecule has 1 atom stereocenters. The van der Waals surface area contributed by atoms with E-state index in [0.717, 1.165) is 0 Å². The van der Waals surface area contributed by atoms with E-state index in [0.29, 0.717) is 39.4 Å². The monoisotopic (exact) mass is 455 g/mol. The summed E-state index contributed by atoms with van der Waals surface area (Å²) in [7, 11) is 3.10. The number of methoxy groups -OCH3 is 2. The molecule has 0 saturated heterocycles. The predicted octanol–water partition coefficient (Wildman–Crippen LogP) is 4.89. The molecule has 0 aliphatic rings. The van der Waals surface area contributed by atoms with Crippen LogP contribution in [0.25, 0.3) is 11.3 Å². The number of nitrogens with zero attached hydrogens (tertiary/aromatic N) is 1. The van der Waals surface area contributed by atoms with E-state index < -0.39 is 5.92 Å². The number of H-pyrrole nitrogens is 1. The summed E-state index contributed by atoms with van der Waals surface area (Å²) in [5, 5.41) is 7.07. The van der Waals surface area contributed by atoms with E-state index in [9.17, 15) is 9.59 Å². The number of ether oxygens (including phenoxy) is 2. The maximum absolute atomic E-state index is 13.3. The summed E-state index contributed by atoms with van der Waals surface area (Å²) < 4.78 is 10.6. The number of hydrogen-bond donors (Lipinski definition) is 2. The van der Waals surface area contributed by atoms with Crippen LogP contribution < -0.4 is 15.2 Å². The summed E-state index contributed by atoms with van der Waals surface area (Å²) >= 11 is 0. The number of aromatic nitrogens is 2. The molecule has 3 N–H and O–H groups in total. The number of ketones is 2. The van der Waals surface area contributed by atoms with Crippen LogP contribution in [0.5, 0.6) is 11.5 Å². The SMILES string of the molecule is COc1ccc(-c2n[nH]c(C(=O)C(C)c3cccc(C(=O)c4ccccc4)c3)c2N)cc1OC. The highest BCUT2D eigenvalue weighted by Gasteiger charge is 2.25. The minimum atomic E-state index is -0.537. The summed E-state index contributed by atoms with van der Waals surface area (Å²) in [5.41, 5.74) is 9.76. The van der Waals surface area contributed by atoms with Crippen LogP contribution in [0.4, 0.5) is 5.69 Å². The molecule has 1 aromatic heterocycles. The van der Waals surface area contributed by atoms with Crippen molar-refractivity contribution in [2.75, 3.05) is 20.0 Å². The largest absolute Gasteiger partial charge is 0.493 e. The number of nitrogens with two attached hydrogens (primary N) is 1. The van der Waals surface area contributed by atoms with Crippen molar-refractivity contribution in [3.8, 4) is 22.8 Å². The van der Waals surface area contributed by atoms with Gasteiger partial charge in [-0.3, -0.25) is 14.7 Å². The van der Waals surface area contributed by atoms with Crippen molar-refractivity contribution in [3.63, 3.8) is 0 Å². The number of nitrogen functional groups attached to an aromatic ring is 1. The summed E-state index contributed by atoms with van der Waals surface area (Å²) in [5.74, 6) is 0.253. The van der Waals surface area contributed by atoms with Crippen molar-refractivity contribution in [1.82, 2.24) is 10.2 Å². The van der Waals surface area contributed by atoms with Crippen LogP contribution in [0.2, 0.25) is 0 Å². The smallest absolute Gasteiger partial charge is 0.193 e. The lowest BCUT2D eigenvalue weighted by molar-refractivity contribution is 0.0960. The first-order chi connectivity index (χ1) is 16.4. The molecule has 7 heteroatoms. The zero-order valence-electron chi connectivity index (χ0n) is 19.2. The summed E-state index contributed by atoms with van der Waals surface area (Å²) in [6, 6.07) is 21.4. The normalized spacial score (nSPS) is 11.6. The molecule has 0 aliphatic heterocycles. The van der Waals surface area contributed by atoms with Crippen molar-refractivity contribution in [3.05, 3.63) is 95.2 Å². The molecular formula is C27H25N3O4. The lowest BCUT2D eigenvalue weighted by atomic mass is 9.91. The molecule has 1 unspecified atom stereocenters. The Morgan fingerprint density at radius 3 is 2.29 bits per heavy atom. The highest BCUT2D eigenvalue weighted by atomic mass is 16.5. The number of anilines is 1. The maximum atomic E-state index is 13.3. The minimum absolute atomic E-state index is 0.0982. The van der Waals surface area contributed by atoms with Crippen molar-refractivity contribution in [2.45, 2.75) is 12.8 Å². The average molecular weight is 456 g/mol. The van der Waals surface area contributed by atoms with E-state index in [4.69, 9.17) is 15.2 Å². The molecule has 172 valence electrons. The van der Waals surface area contributed by atoms with Crippen LogP contribution in [-0.2, 0) is 0 Å². The Labute approximate surface area is 197 Å². The second-order valence-corrected chi connectivity index (χ2v) is 7.84. The zero-order chi connectivity index (χ0) is 24.2. The van der Waals surface area contributed by atoms with Crippen molar-refractivity contribution < 1.29 is 19.1 Å². The summed E-state index contributed by atoms with van der Waals surface area (Å²) in [6.07, 6.45) is 0. The molecule has 0 bridgehead atoms. The Morgan fingerprint density at radius 2 is 1.59 bits per heavy atom. The van der Waals surface area contributed by atoms with Gasteiger partial charge in [-0.15, -0.1) is 0 Å². The average Bonchev–Trinajstić information content (AvgIpc) is 3.28. The summed E-state index contributed by atoms with van der Waals surface area (Å²) in [6.45, 7) is 1.78. The van der Waals surface area contributed by atoms with E-state index in [1.807, 2.05) is 24.3 Å². The molecule has 4 rings (SSSR count). The number of aromatic amines is 1. The lowest BCUT2D eigenvalue weighted by Gasteiger charge is -2.12. The number of rotatable bonds is 8. The lowest BCUT2D eigenvalue weighted by Crippen LogP contribution is -2.13. The van der Waals surface area contributed by atoms with Crippen LogP contribution in [0, 0.1) is 0 Å². The van der Waals surface area contributed by atoms with Crippen molar-refractivity contribution >= 4 is 17.3 Å². The third-order valence-corrected chi connectivity index (χ3v) is 5.79. The first-order valence-electron chi connectivity index (χ1n) is 10.7. The van der Waals surface area contributed by atoms with Gasteiger partial charge in [0, 0.05) is 22.6 Å². The molecule has 0 fully saturated rings. The fraction of sp³-hybridized carbons (Fsp3) is 0.148.